The Morgan fingerprint density at radius 1 is 0.897 bits per heavy atom. The highest BCUT2D eigenvalue weighted by molar-refractivity contribution is 5.91. The number of esters is 1. The molecule has 2 saturated heterocycles. The zero-order chi connectivity index (χ0) is 27.9. The fraction of sp³-hybridized carbons (Fsp3) is 0.621. The predicted octanol–water partition coefficient (Wildman–Crippen LogP) is 7.66. The smallest absolute Gasteiger partial charge is 0.420 e. The molecule has 0 aromatic heterocycles. The van der Waals surface area contributed by atoms with Crippen LogP contribution in [0, 0.1) is 11.8 Å². The summed E-state index contributed by atoms with van der Waals surface area (Å²) in [4.78, 5) is 14.5. The molecule has 2 aliphatic heterocycles. The third-order valence-corrected chi connectivity index (χ3v) is 8.84. The van der Waals surface area contributed by atoms with E-state index in [1.807, 2.05) is 6.07 Å². The minimum Gasteiger partial charge on any atom is -0.490 e. The van der Waals surface area contributed by atoms with Crippen LogP contribution in [-0.2, 0) is 22.3 Å². The molecule has 214 valence electrons. The molecule has 4 nitrogen and oxygen atoms in total. The molecule has 10 heteroatoms. The van der Waals surface area contributed by atoms with E-state index in [9.17, 15) is 31.1 Å². The van der Waals surface area contributed by atoms with Crippen LogP contribution in [0.5, 0.6) is 5.75 Å². The van der Waals surface area contributed by atoms with Gasteiger partial charge in [0.1, 0.15) is 11.3 Å². The van der Waals surface area contributed by atoms with E-state index in [1.165, 1.54) is 19.2 Å². The third kappa shape index (κ3) is 5.86. The zero-order valence-corrected chi connectivity index (χ0v) is 21.8. The number of ether oxygens (including phenoxy) is 2. The van der Waals surface area contributed by atoms with Crippen molar-refractivity contribution in [3.05, 3.63) is 41.5 Å². The summed E-state index contributed by atoms with van der Waals surface area (Å²) in [6.07, 6.45) is -5.61. The number of piperidine rings is 2. The number of methoxy groups -OCH3 is 1. The highest BCUT2D eigenvalue weighted by Crippen LogP contribution is 2.45. The van der Waals surface area contributed by atoms with E-state index in [0.717, 1.165) is 24.8 Å². The molecule has 2 heterocycles. The van der Waals surface area contributed by atoms with Crippen molar-refractivity contribution >= 4 is 16.7 Å². The molecule has 0 spiro atoms. The van der Waals surface area contributed by atoms with E-state index < -0.39 is 29.9 Å². The number of rotatable bonds is 5. The SMILES string of the molecule is COC(=O)C1CC2CCCC(C1)N2Cc1cccc2c(C(F)(F)F)c(OC3CCC(C(F)(F)F)CC3)ccc12. The summed E-state index contributed by atoms with van der Waals surface area (Å²) in [7, 11) is 1.39. The van der Waals surface area contributed by atoms with Gasteiger partial charge in [0.05, 0.1) is 25.0 Å². The number of hydrogen-bond acceptors (Lipinski definition) is 4. The first-order chi connectivity index (χ1) is 18.5. The first-order valence-electron chi connectivity index (χ1n) is 13.6. The minimum atomic E-state index is -4.70. The summed E-state index contributed by atoms with van der Waals surface area (Å²) in [5, 5.41) is 0.502. The highest BCUT2D eigenvalue weighted by atomic mass is 19.4. The molecule has 2 aromatic rings. The van der Waals surface area contributed by atoms with Gasteiger partial charge in [-0.1, -0.05) is 30.7 Å². The Morgan fingerprint density at radius 2 is 1.56 bits per heavy atom. The van der Waals surface area contributed by atoms with Crippen LogP contribution < -0.4 is 4.74 Å². The van der Waals surface area contributed by atoms with Crippen LogP contribution in [0.25, 0.3) is 10.8 Å². The molecule has 2 aromatic carbocycles. The number of carbonyl (C=O) groups is 1. The molecule has 2 atom stereocenters. The van der Waals surface area contributed by atoms with Crippen molar-refractivity contribution in [2.45, 2.75) is 94.9 Å². The average molecular weight is 558 g/mol. The predicted molar refractivity (Wildman–Crippen MR) is 133 cm³/mol. The molecule has 0 radical (unpaired) electrons. The Balaban J connectivity index is 1.40. The third-order valence-electron chi connectivity index (χ3n) is 8.84. The number of nitrogens with zero attached hydrogens (tertiary/aromatic N) is 1. The first kappa shape index (κ1) is 28.1. The molecule has 1 saturated carbocycles. The van der Waals surface area contributed by atoms with Crippen molar-refractivity contribution in [2.75, 3.05) is 7.11 Å². The maximum atomic E-state index is 14.4. The van der Waals surface area contributed by atoms with E-state index in [4.69, 9.17) is 9.47 Å². The molecule has 0 N–H and O–H groups in total. The van der Waals surface area contributed by atoms with Crippen molar-refractivity contribution in [1.82, 2.24) is 4.90 Å². The van der Waals surface area contributed by atoms with Crippen molar-refractivity contribution < 1.29 is 40.6 Å². The fourth-order valence-corrected chi connectivity index (χ4v) is 6.91. The zero-order valence-electron chi connectivity index (χ0n) is 21.8. The fourth-order valence-electron chi connectivity index (χ4n) is 6.91. The molecule has 2 bridgehead atoms. The van der Waals surface area contributed by atoms with E-state index >= 15 is 0 Å². The van der Waals surface area contributed by atoms with E-state index in [-0.39, 0.29) is 60.8 Å². The van der Waals surface area contributed by atoms with Crippen LogP contribution in [0.3, 0.4) is 0 Å². The van der Waals surface area contributed by atoms with Crippen LogP contribution in [0.15, 0.2) is 30.3 Å². The molecule has 2 unspecified atom stereocenters. The van der Waals surface area contributed by atoms with Gasteiger partial charge < -0.3 is 9.47 Å². The second kappa shape index (κ2) is 10.8. The molecule has 5 rings (SSSR count). The van der Waals surface area contributed by atoms with Gasteiger partial charge in [-0.3, -0.25) is 9.69 Å². The standard InChI is InChI=1S/C29H33F6NO3/c1-38-27(37)18-14-20-5-3-6-21(15-18)36(20)16-17-4-2-7-24-23(17)12-13-25(26(24)29(33,34)35)39-22-10-8-19(9-11-22)28(30,31)32/h2,4,7,12-13,18-22H,3,5-6,8-11,14-16H2,1H3. The average Bonchev–Trinajstić information content (AvgIpc) is 2.87. The lowest BCUT2D eigenvalue weighted by atomic mass is 9.78. The van der Waals surface area contributed by atoms with Crippen LogP contribution in [0.4, 0.5) is 26.3 Å². The molecular formula is C29H33F6NO3. The number of halogens is 6. The normalized spacial score (nSPS) is 28.3. The largest absolute Gasteiger partial charge is 0.490 e. The highest BCUT2D eigenvalue weighted by Gasteiger charge is 2.44. The van der Waals surface area contributed by atoms with Crippen LogP contribution in [0.2, 0.25) is 0 Å². The summed E-state index contributed by atoms with van der Waals surface area (Å²) in [6, 6.07) is 8.15. The Hall–Kier alpha value is -2.49. The lowest BCUT2D eigenvalue weighted by Gasteiger charge is -2.48. The summed E-state index contributed by atoms with van der Waals surface area (Å²) < 4.78 is 93.0. The van der Waals surface area contributed by atoms with Gasteiger partial charge in [-0.2, -0.15) is 26.3 Å². The van der Waals surface area contributed by atoms with Gasteiger partial charge >= 0.3 is 18.3 Å². The summed E-state index contributed by atoms with van der Waals surface area (Å²) in [5.41, 5.74) is -0.118. The lowest BCUT2D eigenvalue weighted by molar-refractivity contribution is -0.185. The molecule has 3 fully saturated rings. The quantitative estimate of drug-likeness (QED) is 0.280. The van der Waals surface area contributed by atoms with Crippen LogP contribution in [0.1, 0.15) is 68.9 Å². The number of fused-ring (bicyclic) bond motifs is 3. The Morgan fingerprint density at radius 3 is 2.15 bits per heavy atom. The summed E-state index contributed by atoms with van der Waals surface area (Å²) in [5.74, 6) is -2.13. The van der Waals surface area contributed by atoms with Crippen molar-refractivity contribution in [2.24, 2.45) is 11.8 Å². The topological polar surface area (TPSA) is 38.8 Å². The summed E-state index contributed by atoms with van der Waals surface area (Å²) in [6.45, 7) is 0.472. The Labute approximate surface area is 223 Å². The van der Waals surface area contributed by atoms with Gasteiger partial charge in [-0.15, -0.1) is 0 Å². The first-order valence-corrected chi connectivity index (χ1v) is 13.6. The number of carbonyl (C=O) groups excluding carboxylic acids is 1. The van der Waals surface area contributed by atoms with Gasteiger partial charge in [-0.25, -0.2) is 0 Å². The second-order valence-electron chi connectivity index (χ2n) is 11.2. The van der Waals surface area contributed by atoms with Crippen molar-refractivity contribution in [3.63, 3.8) is 0 Å². The van der Waals surface area contributed by atoms with Gasteiger partial charge in [0.2, 0.25) is 0 Å². The van der Waals surface area contributed by atoms with Crippen LogP contribution >= 0.6 is 0 Å². The maximum absolute atomic E-state index is 14.4. The Bertz CT molecular complexity index is 1170. The summed E-state index contributed by atoms with van der Waals surface area (Å²) >= 11 is 0. The van der Waals surface area contributed by atoms with Gasteiger partial charge in [0.15, 0.2) is 0 Å². The molecular weight excluding hydrogens is 524 g/mol. The van der Waals surface area contributed by atoms with Gasteiger partial charge in [-0.05, 0) is 73.8 Å². The molecule has 0 amide bonds. The minimum absolute atomic E-state index is 0.0242. The molecule has 3 aliphatic rings. The Kier molecular flexibility index (Phi) is 7.79. The number of hydrogen-bond donors (Lipinski definition) is 0. The lowest BCUT2D eigenvalue weighted by Crippen LogP contribution is -2.52. The van der Waals surface area contributed by atoms with Crippen molar-refractivity contribution in [1.29, 1.82) is 0 Å². The number of benzene rings is 2. The van der Waals surface area contributed by atoms with E-state index in [1.54, 1.807) is 12.1 Å². The van der Waals surface area contributed by atoms with E-state index in [0.29, 0.717) is 24.8 Å². The second-order valence-corrected chi connectivity index (χ2v) is 11.2. The van der Waals surface area contributed by atoms with E-state index in [2.05, 4.69) is 4.90 Å². The maximum Gasteiger partial charge on any atom is 0.420 e. The molecule has 39 heavy (non-hydrogen) atoms. The van der Waals surface area contributed by atoms with Crippen molar-refractivity contribution in [3.8, 4) is 5.75 Å². The molecule has 1 aliphatic carbocycles. The van der Waals surface area contributed by atoms with Gasteiger partial charge in [0, 0.05) is 18.6 Å². The van der Waals surface area contributed by atoms with Crippen LogP contribution in [-0.4, -0.2) is 42.3 Å². The number of alkyl halides is 6. The monoisotopic (exact) mass is 557 g/mol. The van der Waals surface area contributed by atoms with Gasteiger partial charge in [0.25, 0.3) is 0 Å².